The number of nitrogens with one attached hydrogen (secondary N) is 1. The molecule has 2 fully saturated rings. The zero-order valence-corrected chi connectivity index (χ0v) is 12.7. The Bertz CT molecular complexity index is 362. The Labute approximate surface area is 112 Å². The molecule has 0 spiro atoms. The molecule has 1 N–H and O–H groups in total. The van der Waals surface area contributed by atoms with E-state index in [0.717, 1.165) is 32.1 Å². The predicted octanol–water partition coefficient (Wildman–Crippen LogP) is 1.87. The monoisotopic (exact) mass is 324 g/mol. The molecule has 2 aliphatic rings. The van der Waals surface area contributed by atoms with Gasteiger partial charge in [-0.25, -0.2) is 0 Å². The van der Waals surface area contributed by atoms with E-state index in [4.69, 9.17) is 0 Å². The fraction of sp³-hybridized carbons (Fsp3) is 1.00. The van der Waals surface area contributed by atoms with Gasteiger partial charge in [-0.2, -0.15) is 17.4 Å². The van der Waals surface area contributed by atoms with Crippen molar-refractivity contribution in [3.8, 4) is 0 Å². The Hall–Kier alpha value is 0.350. The van der Waals surface area contributed by atoms with Crippen LogP contribution in [0.2, 0.25) is 0 Å². The standard InChI is InChI=1S/C11H21BrN2O2S/c1-10-4-2-7-14(8-10)17(15,16)13-11(9-12)5-3-6-11/h10,13H,2-9H2,1H3. The second-order valence-electron chi connectivity index (χ2n) is 5.48. The average Bonchev–Trinajstić information content (AvgIpc) is 2.24. The number of halogens is 1. The van der Waals surface area contributed by atoms with Gasteiger partial charge in [-0.15, -0.1) is 0 Å². The number of hydrogen-bond acceptors (Lipinski definition) is 2. The molecule has 100 valence electrons. The van der Waals surface area contributed by atoms with Crippen LogP contribution in [0.25, 0.3) is 0 Å². The lowest BCUT2D eigenvalue weighted by molar-refractivity contribution is 0.233. The SMILES string of the molecule is CC1CCCN(S(=O)(=O)NC2(CBr)CCC2)C1. The van der Waals surface area contributed by atoms with Gasteiger partial charge in [0.15, 0.2) is 0 Å². The summed E-state index contributed by atoms with van der Waals surface area (Å²) in [4.78, 5) is 0. The fourth-order valence-corrected chi connectivity index (χ4v) is 5.23. The van der Waals surface area contributed by atoms with Gasteiger partial charge in [0.25, 0.3) is 10.2 Å². The lowest BCUT2D eigenvalue weighted by Crippen LogP contribution is -2.59. The number of piperidine rings is 1. The van der Waals surface area contributed by atoms with Crippen LogP contribution in [0.3, 0.4) is 0 Å². The molecule has 0 aromatic heterocycles. The minimum atomic E-state index is -3.29. The first-order valence-electron chi connectivity index (χ1n) is 6.32. The summed E-state index contributed by atoms with van der Waals surface area (Å²) in [5, 5.41) is 0.711. The van der Waals surface area contributed by atoms with Crippen LogP contribution in [0, 0.1) is 5.92 Å². The zero-order valence-electron chi connectivity index (χ0n) is 10.3. The summed E-state index contributed by atoms with van der Waals surface area (Å²) in [6.07, 6.45) is 5.12. The van der Waals surface area contributed by atoms with Gasteiger partial charge in [0, 0.05) is 24.0 Å². The van der Waals surface area contributed by atoms with Crippen LogP contribution in [-0.4, -0.2) is 36.7 Å². The maximum absolute atomic E-state index is 12.3. The highest BCUT2D eigenvalue weighted by Crippen LogP contribution is 2.34. The molecule has 2 rings (SSSR count). The molecule has 1 heterocycles. The van der Waals surface area contributed by atoms with E-state index in [1.165, 1.54) is 0 Å². The third kappa shape index (κ3) is 3.03. The average molecular weight is 325 g/mol. The molecule has 6 heteroatoms. The van der Waals surface area contributed by atoms with Gasteiger partial charge in [0.1, 0.15) is 0 Å². The molecule has 1 aliphatic heterocycles. The van der Waals surface area contributed by atoms with E-state index < -0.39 is 10.2 Å². The van der Waals surface area contributed by atoms with Crippen molar-refractivity contribution in [1.82, 2.24) is 9.03 Å². The van der Waals surface area contributed by atoms with Gasteiger partial charge in [0.2, 0.25) is 0 Å². The van der Waals surface area contributed by atoms with Crippen molar-refractivity contribution >= 4 is 26.1 Å². The molecular weight excluding hydrogens is 304 g/mol. The third-order valence-corrected chi connectivity index (χ3v) is 6.65. The number of rotatable bonds is 4. The topological polar surface area (TPSA) is 49.4 Å². The Morgan fingerprint density at radius 2 is 2.12 bits per heavy atom. The lowest BCUT2D eigenvalue weighted by atomic mass is 9.80. The van der Waals surface area contributed by atoms with Gasteiger partial charge < -0.3 is 0 Å². The molecular formula is C11H21BrN2O2S. The first-order valence-corrected chi connectivity index (χ1v) is 8.89. The lowest BCUT2D eigenvalue weighted by Gasteiger charge is -2.42. The van der Waals surface area contributed by atoms with E-state index in [0.29, 0.717) is 24.3 Å². The Morgan fingerprint density at radius 3 is 2.59 bits per heavy atom. The first kappa shape index (κ1) is 13.8. The highest BCUT2D eigenvalue weighted by atomic mass is 79.9. The van der Waals surface area contributed by atoms with E-state index in [2.05, 4.69) is 27.6 Å². The van der Waals surface area contributed by atoms with E-state index in [1.807, 2.05) is 0 Å². The molecule has 1 aliphatic carbocycles. The minimum Gasteiger partial charge on any atom is -0.195 e. The van der Waals surface area contributed by atoms with E-state index in [1.54, 1.807) is 4.31 Å². The van der Waals surface area contributed by atoms with Crippen molar-refractivity contribution < 1.29 is 8.42 Å². The van der Waals surface area contributed by atoms with Crippen molar-refractivity contribution in [2.75, 3.05) is 18.4 Å². The van der Waals surface area contributed by atoms with E-state index >= 15 is 0 Å². The summed E-state index contributed by atoms with van der Waals surface area (Å²) in [7, 11) is -3.29. The third-order valence-electron chi connectivity index (χ3n) is 3.87. The number of nitrogens with zero attached hydrogens (tertiary/aromatic N) is 1. The predicted molar refractivity (Wildman–Crippen MR) is 72.4 cm³/mol. The first-order chi connectivity index (χ1) is 7.97. The number of hydrogen-bond donors (Lipinski definition) is 1. The fourth-order valence-electron chi connectivity index (χ4n) is 2.57. The normalized spacial score (nSPS) is 29.9. The Balaban J connectivity index is 2.02. The summed E-state index contributed by atoms with van der Waals surface area (Å²) in [6.45, 7) is 3.44. The minimum absolute atomic E-state index is 0.223. The maximum atomic E-state index is 12.3. The molecule has 1 atom stereocenters. The summed E-state index contributed by atoms with van der Waals surface area (Å²) in [5.41, 5.74) is -0.223. The van der Waals surface area contributed by atoms with Crippen LogP contribution in [0.5, 0.6) is 0 Å². The van der Waals surface area contributed by atoms with Gasteiger partial charge >= 0.3 is 0 Å². The van der Waals surface area contributed by atoms with E-state index in [9.17, 15) is 8.42 Å². The van der Waals surface area contributed by atoms with Gasteiger partial charge in [-0.05, 0) is 38.0 Å². The van der Waals surface area contributed by atoms with Crippen molar-refractivity contribution in [2.24, 2.45) is 5.92 Å². The molecule has 0 aromatic rings. The molecule has 4 nitrogen and oxygen atoms in total. The largest absolute Gasteiger partial charge is 0.279 e. The Morgan fingerprint density at radius 1 is 1.41 bits per heavy atom. The summed E-state index contributed by atoms with van der Waals surface area (Å²) < 4.78 is 29.1. The summed E-state index contributed by atoms with van der Waals surface area (Å²) in [6, 6.07) is 0. The summed E-state index contributed by atoms with van der Waals surface area (Å²) in [5.74, 6) is 0.474. The van der Waals surface area contributed by atoms with Crippen molar-refractivity contribution in [1.29, 1.82) is 0 Å². The molecule has 0 amide bonds. The Kier molecular flexibility index (Phi) is 4.17. The zero-order chi connectivity index (χ0) is 12.5. The highest BCUT2D eigenvalue weighted by Gasteiger charge is 2.41. The van der Waals surface area contributed by atoms with E-state index in [-0.39, 0.29) is 5.54 Å². The molecule has 1 saturated carbocycles. The molecule has 1 unspecified atom stereocenters. The molecule has 17 heavy (non-hydrogen) atoms. The van der Waals surface area contributed by atoms with Crippen molar-refractivity contribution in [3.63, 3.8) is 0 Å². The molecule has 0 radical (unpaired) electrons. The molecule has 1 saturated heterocycles. The van der Waals surface area contributed by atoms with Crippen LogP contribution in [0.1, 0.15) is 39.0 Å². The van der Waals surface area contributed by atoms with Crippen LogP contribution in [-0.2, 0) is 10.2 Å². The second-order valence-corrected chi connectivity index (χ2v) is 7.71. The van der Waals surface area contributed by atoms with Gasteiger partial charge in [0.05, 0.1) is 0 Å². The van der Waals surface area contributed by atoms with Gasteiger partial charge in [-0.3, -0.25) is 0 Å². The van der Waals surface area contributed by atoms with Crippen molar-refractivity contribution in [2.45, 2.75) is 44.6 Å². The van der Waals surface area contributed by atoms with Crippen LogP contribution < -0.4 is 4.72 Å². The maximum Gasteiger partial charge on any atom is 0.279 e. The summed E-state index contributed by atoms with van der Waals surface area (Å²) >= 11 is 3.43. The highest BCUT2D eigenvalue weighted by molar-refractivity contribution is 9.09. The quantitative estimate of drug-likeness (QED) is 0.802. The van der Waals surface area contributed by atoms with Crippen LogP contribution >= 0.6 is 15.9 Å². The molecule has 0 aromatic carbocycles. The second kappa shape index (κ2) is 5.15. The van der Waals surface area contributed by atoms with Crippen LogP contribution in [0.15, 0.2) is 0 Å². The van der Waals surface area contributed by atoms with Gasteiger partial charge in [-0.1, -0.05) is 22.9 Å². The number of alkyl halides is 1. The smallest absolute Gasteiger partial charge is 0.195 e. The van der Waals surface area contributed by atoms with Crippen molar-refractivity contribution in [3.05, 3.63) is 0 Å². The van der Waals surface area contributed by atoms with Crippen LogP contribution in [0.4, 0.5) is 0 Å². The molecule has 0 bridgehead atoms.